The van der Waals surface area contributed by atoms with Gasteiger partial charge in [-0.15, -0.1) is 0 Å². The number of aliphatic carboxylic acids is 1. The maximum absolute atomic E-state index is 11.7. The molecule has 2 N–H and O–H groups in total. The minimum atomic E-state index is -0.749. The number of carboxylic acid groups (broad SMARTS) is 1. The minimum Gasteiger partial charge on any atom is -0.481 e. The van der Waals surface area contributed by atoms with Gasteiger partial charge in [-0.3, -0.25) is 4.79 Å². The number of hydrogen-bond acceptors (Lipinski definition) is 2. The molecule has 106 valence electrons. The molecule has 5 heteroatoms. The lowest BCUT2D eigenvalue weighted by molar-refractivity contribution is -0.137. The summed E-state index contributed by atoms with van der Waals surface area (Å²) in [4.78, 5) is 23.9. The molecule has 18 heavy (non-hydrogen) atoms. The number of carbonyl (C=O) groups is 2. The zero-order valence-electron chi connectivity index (χ0n) is 11.7. The number of amides is 2. The monoisotopic (exact) mass is 258 g/mol. The Kier molecular flexibility index (Phi) is 9.06. The van der Waals surface area contributed by atoms with Crippen LogP contribution in [-0.4, -0.2) is 41.6 Å². The fraction of sp³-hybridized carbons (Fsp3) is 0.846. The third-order valence-electron chi connectivity index (χ3n) is 3.22. The van der Waals surface area contributed by atoms with Crippen LogP contribution in [0.2, 0.25) is 0 Å². The van der Waals surface area contributed by atoms with E-state index >= 15 is 0 Å². The quantitative estimate of drug-likeness (QED) is 0.667. The van der Waals surface area contributed by atoms with Gasteiger partial charge in [0.15, 0.2) is 0 Å². The number of urea groups is 1. The van der Waals surface area contributed by atoms with Crippen molar-refractivity contribution in [1.29, 1.82) is 0 Å². The first kappa shape index (κ1) is 16.7. The molecular formula is C13H26N2O3. The Morgan fingerprint density at radius 1 is 1.17 bits per heavy atom. The molecule has 0 saturated heterocycles. The van der Waals surface area contributed by atoms with Crippen molar-refractivity contribution in [3.8, 4) is 0 Å². The Hall–Kier alpha value is -1.26. The Labute approximate surface area is 110 Å². The first-order valence-electron chi connectivity index (χ1n) is 6.79. The fourth-order valence-corrected chi connectivity index (χ4v) is 1.89. The van der Waals surface area contributed by atoms with Crippen LogP contribution in [0.1, 0.15) is 46.5 Å². The van der Waals surface area contributed by atoms with Crippen molar-refractivity contribution in [2.24, 2.45) is 5.92 Å². The van der Waals surface area contributed by atoms with Gasteiger partial charge in [0.25, 0.3) is 0 Å². The highest BCUT2D eigenvalue weighted by atomic mass is 16.4. The largest absolute Gasteiger partial charge is 0.481 e. The molecule has 0 aromatic carbocycles. The molecule has 0 heterocycles. The van der Waals surface area contributed by atoms with Crippen LogP contribution in [0.5, 0.6) is 0 Å². The van der Waals surface area contributed by atoms with E-state index in [9.17, 15) is 9.59 Å². The molecule has 0 aliphatic heterocycles. The van der Waals surface area contributed by atoms with Crippen molar-refractivity contribution in [1.82, 2.24) is 10.2 Å². The molecule has 2 amide bonds. The van der Waals surface area contributed by atoms with Gasteiger partial charge in [0.1, 0.15) is 0 Å². The molecule has 0 aromatic heterocycles. The smallest absolute Gasteiger partial charge is 0.317 e. The van der Waals surface area contributed by atoms with E-state index in [0.29, 0.717) is 32.0 Å². The molecule has 0 aliphatic rings. The summed E-state index contributed by atoms with van der Waals surface area (Å²) in [5, 5.41) is 11.5. The fourth-order valence-electron chi connectivity index (χ4n) is 1.89. The maximum Gasteiger partial charge on any atom is 0.317 e. The second-order valence-corrected chi connectivity index (χ2v) is 4.40. The predicted octanol–water partition coefficient (Wildman–Crippen LogP) is 2.32. The highest BCUT2D eigenvalue weighted by Gasteiger charge is 2.11. The molecule has 5 nitrogen and oxygen atoms in total. The lowest BCUT2D eigenvalue weighted by Gasteiger charge is -2.20. The highest BCUT2D eigenvalue weighted by molar-refractivity contribution is 5.74. The molecule has 0 saturated carbocycles. The Morgan fingerprint density at radius 2 is 1.78 bits per heavy atom. The summed E-state index contributed by atoms with van der Waals surface area (Å²) in [6.45, 7) is 7.98. The van der Waals surface area contributed by atoms with E-state index in [2.05, 4.69) is 12.2 Å². The van der Waals surface area contributed by atoms with Crippen molar-refractivity contribution < 1.29 is 14.7 Å². The average Bonchev–Trinajstić information content (AvgIpc) is 2.34. The van der Waals surface area contributed by atoms with E-state index in [-0.39, 0.29) is 12.5 Å². The van der Waals surface area contributed by atoms with E-state index in [4.69, 9.17) is 5.11 Å². The number of nitrogens with zero attached hydrogens (tertiary/aromatic N) is 1. The number of nitrogens with one attached hydrogen (secondary N) is 1. The van der Waals surface area contributed by atoms with E-state index in [1.165, 1.54) is 0 Å². The molecule has 0 bridgehead atoms. The van der Waals surface area contributed by atoms with E-state index in [1.807, 2.05) is 13.8 Å². The topological polar surface area (TPSA) is 69.6 Å². The van der Waals surface area contributed by atoms with Gasteiger partial charge in [-0.25, -0.2) is 4.79 Å². The second kappa shape index (κ2) is 9.74. The molecule has 0 radical (unpaired) electrons. The van der Waals surface area contributed by atoms with Crippen LogP contribution in [0.4, 0.5) is 4.79 Å². The Bertz CT molecular complexity index is 253. The number of carbonyl (C=O) groups excluding carboxylic acids is 1. The number of rotatable bonds is 9. The second-order valence-electron chi connectivity index (χ2n) is 4.40. The zero-order valence-corrected chi connectivity index (χ0v) is 11.7. The van der Waals surface area contributed by atoms with Crippen LogP contribution < -0.4 is 5.32 Å². The summed E-state index contributed by atoms with van der Waals surface area (Å²) < 4.78 is 0. The third kappa shape index (κ3) is 7.14. The van der Waals surface area contributed by atoms with Gasteiger partial charge in [-0.1, -0.05) is 13.3 Å². The molecule has 0 spiro atoms. The first-order chi connectivity index (χ1) is 8.54. The molecule has 0 aliphatic carbocycles. The SMILES string of the molecule is CCC(CCNC(=O)N(CC)CC)CCC(=O)O. The van der Waals surface area contributed by atoms with E-state index in [0.717, 1.165) is 12.8 Å². The van der Waals surface area contributed by atoms with Crippen LogP contribution in [0.25, 0.3) is 0 Å². The van der Waals surface area contributed by atoms with Crippen molar-refractivity contribution >= 4 is 12.0 Å². The predicted molar refractivity (Wildman–Crippen MR) is 71.6 cm³/mol. The lowest BCUT2D eigenvalue weighted by Crippen LogP contribution is -2.40. The van der Waals surface area contributed by atoms with Crippen LogP contribution in [-0.2, 0) is 4.79 Å². The van der Waals surface area contributed by atoms with E-state index < -0.39 is 5.97 Å². The molecular weight excluding hydrogens is 232 g/mol. The molecule has 1 atom stereocenters. The lowest BCUT2D eigenvalue weighted by atomic mass is 9.97. The van der Waals surface area contributed by atoms with Crippen LogP contribution >= 0.6 is 0 Å². The first-order valence-corrected chi connectivity index (χ1v) is 6.79. The van der Waals surface area contributed by atoms with Crippen molar-refractivity contribution in [2.75, 3.05) is 19.6 Å². The maximum atomic E-state index is 11.7. The standard InChI is InChI=1S/C13H26N2O3/c1-4-11(7-8-12(16)17)9-10-14-13(18)15(5-2)6-3/h11H,4-10H2,1-3H3,(H,14,18)(H,16,17). The average molecular weight is 258 g/mol. The van der Waals surface area contributed by atoms with Gasteiger partial charge in [-0.2, -0.15) is 0 Å². The summed E-state index contributed by atoms with van der Waals surface area (Å²) >= 11 is 0. The van der Waals surface area contributed by atoms with Gasteiger partial charge >= 0.3 is 12.0 Å². The Morgan fingerprint density at radius 3 is 2.22 bits per heavy atom. The van der Waals surface area contributed by atoms with Crippen LogP contribution in [0.3, 0.4) is 0 Å². The summed E-state index contributed by atoms with van der Waals surface area (Å²) in [6, 6.07) is -0.0342. The van der Waals surface area contributed by atoms with Gasteiger partial charge in [0.05, 0.1) is 0 Å². The summed E-state index contributed by atoms with van der Waals surface area (Å²) in [5.74, 6) is -0.376. The van der Waals surface area contributed by atoms with Gasteiger partial charge < -0.3 is 15.3 Å². The van der Waals surface area contributed by atoms with Crippen LogP contribution in [0, 0.1) is 5.92 Å². The molecule has 0 rings (SSSR count). The minimum absolute atomic E-state index is 0.0342. The molecule has 0 aromatic rings. The zero-order chi connectivity index (χ0) is 14.0. The summed E-state index contributed by atoms with van der Waals surface area (Å²) in [5.41, 5.74) is 0. The van der Waals surface area contributed by atoms with Gasteiger partial charge in [0.2, 0.25) is 0 Å². The normalized spacial score (nSPS) is 11.9. The van der Waals surface area contributed by atoms with Crippen molar-refractivity contribution in [3.63, 3.8) is 0 Å². The Balaban J connectivity index is 3.85. The van der Waals surface area contributed by atoms with Gasteiger partial charge in [0, 0.05) is 26.1 Å². The third-order valence-corrected chi connectivity index (χ3v) is 3.22. The summed E-state index contributed by atoms with van der Waals surface area (Å²) in [6.07, 6.45) is 2.70. The van der Waals surface area contributed by atoms with E-state index in [1.54, 1.807) is 4.90 Å². The van der Waals surface area contributed by atoms with Crippen molar-refractivity contribution in [3.05, 3.63) is 0 Å². The van der Waals surface area contributed by atoms with Gasteiger partial charge in [-0.05, 0) is 32.6 Å². The molecule has 0 fully saturated rings. The van der Waals surface area contributed by atoms with Crippen LogP contribution in [0.15, 0.2) is 0 Å². The molecule has 1 unspecified atom stereocenters. The number of carboxylic acids is 1. The summed E-state index contributed by atoms with van der Waals surface area (Å²) in [7, 11) is 0. The highest BCUT2D eigenvalue weighted by Crippen LogP contribution is 2.14. The van der Waals surface area contributed by atoms with Crippen molar-refractivity contribution in [2.45, 2.75) is 46.5 Å². The number of hydrogen-bond donors (Lipinski definition) is 2.